The zero-order valence-corrected chi connectivity index (χ0v) is 14.6. The predicted molar refractivity (Wildman–Crippen MR) is 93.9 cm³/mol. The van der Waals surface area contributed by atoms with Crippen LogP contribution < -0.4 is 9.47 Å². The van der Waals surface area contributed by atoms with E-state index < -0.39 is 0 Å². The Labute approximate surface area is 147 Å². The lowest BCUT2D eigenvalue weighted by atomic mass is 10.00. The standard InChI is InChI=1S/C19H22N4O2/c1-3-23-12-16(10-21-23)11-22-7-6-20-19(22)14(2)8-15-4-5-17-18(9-15)25-13-24-17/h4-7,9-10,12,14H,3,8,11,13H2,1-2H3. The summed E-state index contributed by atoms with van der Waals surface area (Å²) in [5, 5.41) is 4.35. The quantitative estimate of drug-likeness (QED) is 0.692. The molecule has 2 aromatic heterocycles. The normalized spacial score (nSPS) is 14.0. The molecule has 1 aliphatic heterocycles. The van der Waals surface area contributed by atoms with Crippen molar-refractivity contribution in [2.45, 2.75) is 39.3 Å². The van der Waals surface area contributed by atoms with Crippen molar-refractivity contribution in [1.82, 2.24) is 19.3 Å². The molecule has 0 bridgehead atoms. The molecule has 6 heteroatoms. The number of hydrogen-bond acceptors (Lipinski definition) is 4. The maximum absolute atomic E-state index is 5.47. The number of benzene rings is 1. The highest BCUT2D eigenvalue weighted by Crippen LogP contribution is 2.33. The first-order valence-electron chi connectivity index (χ1n) is 8.64. The van der Waals surface area contributed by atoms with Gasteiger partial charge in [-0.1, -0.05) is 13.0 Å². The molecule has 0 saturated heterocycles. The van der Waals surface area contributed by atoms with Gasteiger partial charge in [-0.3, -0.25) is 4.68 Å². The average Bonchev–Trinajstić information content (AvgIpc) is 3.35. The second-order valence-electron chi connectivity index (χ2n) is 6.41. The van der Waals surface area contributed by atoms with Gasteiger partial charge in [0.05, 0.1) is 12.7 Å². The molecule has 1 aromatic carbocycles. The lowest BCUT2D eigenvalue weighted by molar-refractivity contribution is 0.174. The van der Waals surface area contributed by atoms with Crippen LogP contribution in [0.15, 0.2) is 43.0 Å². The number of nitrogens with zero attached hydrogens (tertiary/aromatic N) is 4. The number of rotatable bonds is 6. The predicted octanol–water partition coefficient (Wildman–Crippen LogP) is 3.22. The first kappa shape index (κ1) is 15.7. The summed E-state index contributed by atoms with van der Waals surface area (Å²) < 4.78 is 15.0. The minimum Gasteiger partial charge on any atom is -0.454 e. The highest BCUT2D eigenvalue weighted by atomic mass is 16.7. The summed E-state index contributed by atoms with van der Waals surface area (Å²) in [6.07, 6.45) is 8.83. The molecule has 3 aromatic rings. The fourth-order valence-corrected chi connectivity index (χ4v) is 3.26. The largest absolute Gasteiger partial charge is 0.454 e. The van der Waals surface area contributed by atoms with Crippen LogP contribution in [0.4, 0.5) is 0 Å². The number of imidazole rings is 1. The van der Waals surface area contributed by atoms with Gasteiger partial charge in [0.2, 0.25) is 6.79 Å². The fraction of sp³-hybridized carbons (Fsp3) is 0.368. The van der Waals surface area contributed by atoms with Crippen molar-refractivity contribution in [3.05, 3.63) is 59.9 Å². The zero-order chi connectivity index (χ0) is 17.2. The van der Waals surface area contributed by atoms with Crippen LogP contribution >= 0.6 is 0 Å². The van der Waals surface area contributed by atoms with Crippen LogP contribution in [0.1, 0.15) is 36.7 Å². The van der Waals surface area contributed by atoms with Gasteiger partial charge >= 0.3 is 0 Å². The van der Waals surface area contributed by atoms with Gasteiger partial charge in [-0.05, 0) is 31.0 Å². The smallest absolute Gasteiger partial charge is 0.231 e. The first-order chi connectivity index (χ1) is 12.2. The molecule has 0 amide bonds. The molecule has 1 atom stereocenters. The molecule has 1 aliphatic rings. The Hall–Kier alpha value is -2.76. The molecular formula is C19H22N4O2. The molecule has 4 rings (SSSR count). The van der Waals surface area contributed by atoms with Gasteiger partial charge in [0.15, 0.2) is 11.5 Å². The Kier molecular flexibility index (Phi) is 4.17. The Morgan fingerprint density at radius 1 is 1.20 bits per heavy atom. The minimum absolute atomic E-state index is 0.302. The Balaban J connectivity index is 1.49. The van der Waals surface area contributed by atoms with Crippen molar-refractivity contribution < 1.29 is 9.47 Å². The summed E-state index contributed by atoms with van der Waals surface area (Å²) in [5.41, 5.74) is 2.42. The minimum atomic E-state index is 0.302. The molecule has 3 heterocycles. The molecule has 0 radical (unpaired) electrons. The van der Waals surface area contributed by atoms with Gasteiger partial charge in [-0.25, -0.2) is 4.98 Å². The maximum Gasteiger partial charge on any atom is 0.231 e. The van der Waals surface area contributed by atoms with E-state index in [1.807, 2.05) is 29.3 Å². The van der Waals surface area contributed by atoms with Crippen LogP contribution in [0.5, 0.6) is 11.5 Å². The van der Waals surface area contributed by atoms with Gasteiger partial charge in [-0.15, -0.1) is 0 Å². The molecule has 0 fully saturated rings. The summed E-state index contributed by atoms with van der Waals surface area (Å²) in [5.74, 6) is 3.05. The van der Waals surface area contributed by atoms with Crippen LogP contribution in [0.25, 0.3) is 0 Å². The van der Waals surface area contributed by atoms with Crippen molar-refractivity contribution in [3.63, 3.8) is 0 Å². The van der Waals surface area contributed by atoms with Gasteiger partial charge in [0.25, 0.3) is 0 Å². The van der Waals surface area contributed by atoms with Gasteiger partial charge in [-0.2, -0.15) is 5.10 Å². The fourth-order valence-electron chi connectivity index (χ4n) is 3.26. The third-order valence-corrected chi connectivity index (χ3v) is 4.53. The molecule has 0 saturated carbocycles. The molecule has 0 N–H and O–H groups in total. The number of ether oxygens (including phenoxy) is 2. The summed E-state index contributed by atoms with van der Waals surface area (Å²) in [4.78, 5) is 4.59. The van der Waals surface area contributed by atoms with Crippen LogP contribution in [-0.2, 0) is 19.5 Å². The SMILES string of the molecule is CCn1cc(Cn2ccnc2C(C)Cc2ccc3c(c2)OCO3)cn1. The lowest BCUT2D eigenvalue weighted by Crippen LogP contribution is -2.09. The summed E-state index contributed by atoms with van der Waals surface area (Å²) in [6.45, 7) is 6.29. The molecule has 6 nitrogen and oxygen atoms in total. The molecule has 0 spiro atoms. The maximum atomic E-state index is 5.47. The number of aromatic nitrogens is 4. The van der Waals surface area contributed by atoms with Crippen LogP contribution in [-0.4, -0.2) is 26.1 Å². The molecule has 130 valence electrons. The van der Waals surface area contributed by atoms with Crippen molar-refractivity contribution in [1.29, 1.82) is 0 Å². The lowest BCUT2D eigenvalue weighted by Gasteiger charge is -2.14. The van der Waals surface area contributed by atoms with Crippen molar-refractivity contribution in [2.75, 3.05) is 6.79 Å². The second-order valence-corrected chi connectivity index (χ2v) is 6.41. The van der Waals surface area contributed by atoms with Crippen LogP contribution in [0, 0.1) is 0 Å². The highest BCUT2D eigenvalue weighted by Gasteiger charge is 2.17. The average molecular weight is 338 g/mol. The van der Waals surface area contributed by atoms with E-state index in [4.69, 9.17) is 9.47 Å². The zero-order valence-electron chi connectivity index (χ0n) is 14.6. The van der Waals surface area contributed by atoms with Crippen molar-refractivity contribution in [3.8, 4) is 11.5 Å². The number of hydrogen-bond donors (Lipinski definition) is 0. The van der Waals surface area contributed by atoms with Crippen LogP contribution in [0.2, 0.25) is 0 Å². The molecular weight excluding hydrogens is 316 g/mol. The van der Waals surface area contributed by atoms with Gasteiger partial charge in [0, 0.05) is 36.6 Å². The first-order valence-corrected chi connectivity index (χ1v) is 8.64. The van der Waals surface area contributed by atoms with E-state index in [1.165, 1.54) is 11.1 Å². The van der Waals surface area contributed by atoms with Crippen molar-refractivity contribution in [2.24, 2.45) is 0 Å². The van der Waals surface area contributed by atoms with Crippen molar-refractivity contribution >= 4 is 0 Å². The van der Waals surface area contributed by atoms with E-state index in [0.717, 1.165) is 36.8 Å². The molecule has 1 unspecified atom stereocenters. The molecule has 0 aliphatic carbocycles. The van der Waals surface area contributed by atoms with Gasteiger partial charge in [0.1, 0.15) is 5.82 Å². The molecule has 25 heavy (non-hydrogen) atoms. The van der Waals surface area contributed by atoms with E-state index >= 15 is 0 Å². The Morgan fingerprint density at radius 3 is 2.92 bits per heavy atom. The number of aryl methyl sites for hydroxylation is 1. The van der Waals surface area contributed by atoms with Gasteiger partial charge < -0.3 is 14.0 Å². The topological polar surface area (TPSA) is 54.1 Å². The van der Waals surface area contributed by atoms with E-state index in [0.29, 0.717) is 12.7 Å². The van der Waals surface area contributed by atoms with E-state index in [2.05, 4.69) is 46.8 Å². The highest BCUT2D eigenvalue weighted by molar-refractivity contribution is 5.44. The van der Waals surface area contributed by atoms with E-state index in [-0.39, 0.29) is 0 Å². The van der Waals surface area contributed by atoms with Crippen LogP contribution in [0.3, 0.4) is 0 Å². The van der Waals surface area contributed by atoms with E-state index in [1.54, 1.807) is 0 Å². The monoisotopic (exact) mass is 338 g/mol. The third kappa shape index (κ3) is 3.24. The Bertz CT molecular complexity index is 868. The summed E-state index contributed by atoms with van der Waals surface area (Å²) >= 11 is 0. The van der Waals surface area contributed by atoms with E-state index in [9.17, 15) is 0 Å². The summed E-state index contributed by atoms with van der Waals surface area (Å²) in [7, 11) is 0. The Morgan fingerprint density at radius 2 is 2.08 bits per heavy atom. The second kappa shape index (κ2) is 6.63. The number of fused-ring (bicyclic) bond motifs is 1. The summed E-state index contributed by atoms with van der Waals surface area (Å²) in [6, 6.07) is 6.15. The third-order valence-electron chi connectivity index (χ3n) is 4.53.